The van der Waals surface area contributed by atoms with Crippen molar-refractivity contribution in [2.75, 3.05) is 20.1 Å². The Labute approximate surface area is 120 Å². The zero-order chi connectivity index (χ0) is 13.8. The van der Waals surface area contributed by atoms with Crippen LogP contribution in [0.2, 0.25) is 0 Å². The molecule has 0 radical (unpaired) electrons. The molecule has 1 aromatic carbocycles. The van der Waals surface area contributed by atoms with E-state index in [0.717, 1.165) is 18.8 Å². The number of aromatic nitrogens is 2. The molecule has 0 aliphatic carbocycles. The van der Waals surface area contributed by atoms with Crippen LogP contribution >= 0.6 is 0 Å². The Morgan fingerprint density at radius 1 is 1.30 bits per heavy atom. The Bertz CT molecular complexity index is 534. The Hall–Kier alpha value is -1.65. The predicted molar refractivity (Wildman–Crippen MR) is 80.9 cm³/mol. The second kappa shape index (κ2) is 6.20. The van der Waals surface area contributed by atoms with Gasteiger partial charge in [0.1, 0.15) is 0 Å². The van der Waals surface area contributed by atoms with Gasteiger partial charge >= 0.3 is 0 Å². The van der Waals surface area contributed by atoms with Gasteiger partial charge in [-0.15, -0.1) is 0 Å². The van der Waals surface area contributed by atoms with E-state index in [1.807, 2.05) is 29.1 Å². The maximum atomic E-state index is 4.43. The topological polar surface area (TPSA) is 33.1 Å². The van der Waals surface area contributed by atoms with Gasteiger partial charge in [0, 0.05) is 30.9 Å². The highest BCUT2D eigenvalue weighted by molar-refractivity contribution is 5.30. The van der Waals surface area contributed by atoms with Crippen LogP contribution in [0.4, 0.5) is 0 Å². The van der Waals surface area contributed by atoms with E-state index >= 15 is 0 Å². The fraction of sp³-hybridized carbons (Fsp3) is 0.438. The van der Waals surface area contributed by atoms with Crippen LogP contribution in [-0.4, -0.2) is 40.9 Å². The van der Waals surface area contributed by atoms with Gasteiger partial charge in [0.2, 0.25) is 0 Å². The molecule has 0 amide bonds. The molecule has 0 spiro atoms. The van der Waals surface area contributed by atoms with Crippen molar-refractivity contribution >= 4 is 0 Å². The van der Waals surface area contributed by atoms with Gasteiger partial charge in [0.25, 0.3) is 0 Å². The molecule has 1 unspecified atom stereocenters. The molecule has 0 saturated carbocycles. The van der Waals surface area contributed by atoms with Crippen LogP contribution < -0.4 is 5.32 Å². The Kier molecular flexibility index (Phi) is 4.14. The Morgan fingerprint density at radius 2 is 2.15 bits per heavy atom. The molecule has 1 atom stereocenters. The van der Waals surface area contributed by atoms with Gasteiger partial charge in [0.15, 0.2) is 0 Å². The molecule has 2 heterocycles. The van der Waals surface area contributed by atoms with Crippen molar-refractivity contribution in [1.82, 2.24) is 20.0 Å². The van der Waals surface area contributed by atoms with Gasteiger partial charge in [-0.1, -0.05) is 18.2 Å². The van der Waals surface area contributed by atoms with Crippen molar-refractivity contribution in [2.45, 2.75) is 25.4 Å². The van der Waals surface area contributed by atoms with E-state index in [1.54, 1.807) is 0 Å². The van der Waals surface area contributed by atoms with Crippen LogP contribution in [0.5, 0.6) is 0 Å². The summed E-state index contributed by atoms with van der Waals surface area (Å²) in [6.45, 7) is 3.27. The monoisotopic (exact) mass is 270 g/mol. The molecule has 1 aromatic heterocycles. The standard InChI is InChI=1S/C16H22N4/c1-19-9-5-6-15(13-19)17-10-14-11-18-20(12-14)16-7-3-2-4-8-16/h2-4,7-8,11-12,15,17H,5-6,9-10,13H2,1H3. The van der Waals surface area contributed by atoms with Crippen molar-refractivity contribution in [2.24, 2.45) is 0 Å². The number of nitrogens with one attached hydrogen (secondary N) is 1. The molecule has 3 rings (SSSR count). The SMILES string of the molecule is CN1CCCC(NCc2cnn(-c3ccccc3)c2)C1. The molecule has 4 heteroatoms. The van der Waals surface area contributed by atoms with Crippen LogP contribution in [0.15, 0.2) is 42.7 Å². The number of benzene rings is 1. The highest BCUT2D eigenvalue weighted by atomic mass is 15.3. The zero-order valence-electron chi connectivity index (χ0n) is 12.0. The summed E-state index contributed by atoms with van der Waals surface area (Å²) in [4.78, 5) is 2.40. The highest BCUT2D eigenvalue weighted by Gasteiger charge is 2.16. The number of piperidine rings is 1. The summed E-state index contributed by atoms with van der Waals surface area (Å²) in [6, 6.07) is 10.8. The fourth-order valence-electron chi connectivity index (χ4n) is 2.77. The summed E-state index contributed by atoms with van der Waals surface area (Å²) in [7, 11) is 2.20. The van der Waals surface area contributed by atoms with Gasteiger partial charge < -0.3 is 10.2 Å². The van der Waals surface area contributed by atoms with Crippen molar-refractivity contribution < 1.29 is 0 Å². The third-order valence-corrected chi connectivity index (χ3v) is 3.88. The lowest BCUT2D eigenvalue weighted by atomic mass is 10.1. The first-order valence-electron chi connectivity index (χ1n) is 7.32. The molecule has 2 aromatic rings. The van der Waals surface area contributed by atoms with Gasteiger partial charge in [-0.3, -0.25) is 0 Å². The fourth-order valence-corrected chi connectivity index (χ4v) is 2.77. The normalized spacial score (nSPS) is 20.1. The molecule has 1 N–H and O–H groups in total. The minimum atomic E-state index is 0.605. The zero-order valence-corrected chi connectivity index (χ0v) is 12.0. The average Bonchev–Trinajstić information content (AvgIpc) is 2.95. The van der Waals surface area contributed by atoms with E-state index in [2.05, 4.69) is 40.7 Å². The minimum Gasteiger partial charge on any atom is -0.309 e. The number of nitrogens with zero attached hydrogens (tertiary/aromatic N) is 3. The lowest BCUT2D eigenvalue weighted by molar-refractivity contribution is 0.226. The second-order valence-corrected chi connectivity index (χ2v) is 5.61. The van der Waals surface area contributed by atoms with Crippen LogP contribution in [0.3, 0.4) is 0 Å². The number of likely N-dealkylation sites (tertiary alicyclic amines) is 1. The Morgan fingerprint density at radius 3 is 2.95 bits per heavy atom. The van der Waals surface area contributed by atoms with E-state index < -0.39 is 0 Å². The lowest BCUT2D eigenvalue weighted by Gasteiger charge is -2.30. The Balaban J connectivity index is 1.58. The largest absolute Gasteiger partial charge is 0.309 e. The average molecular weight is 270 g/mol. The van der Waals surface area contributed by atoms with E-state index in [-0.39, 0.29) is 0 Å². The number of para-hydroxylation sites is 1. The van der Waals surface area contributed by atoms with E-state index in [9.17, 15) is 0 Å². The van der Waals surface area contributed by atoms with Crippen LogP contribution in [0.25, 0.3) is 5.69 Å². The van der Waals surface area contributed by atoms with Crippen LogP contribution in [-0.2, 0) is 6.54 Å². The minimum absolute atomic E-state index is 0.605. The molecular weight excluding hydrogens is 248 g/mol. The molecule has 1 aliphatic heterocycles. The molecule has 4 nitrogen and oxygen atoms in total. The van der Waals surface area contributed by atoms with Gasteiger partial charge in [-0.2, -0.15) is 5.10 Å². The van der Waals surface area contributed by atoms with Gasteiger partial charge in [-0.25, -0.2) is 4.68 Å². The first-order chi connectivity index (χ1) is 9.81. The van der Waals surface area contributed by atoms with E-state index in [1.165, 1.54) is 24.9 Å². The van der Waals surface area contributed by atoms with Crippen molar-refractivity contribution in [1.29, 1.82) is 0 Å². The summed E-state index contributed by atoms with van der Waals surface area (Å²) >= 11 is 0. The first-order valence-corrected chi connectivity index (χ1v) is 7.32. The summed E-state index contributed by atoms with van der Waals surface area (Å²) < 4.78 is 1.93. The third kappa shape index (κ3) is 3.26. The maximum absolute atomic E-state index is 4.43. The van der Waals surface area contributed by atoms with E-state index in [4.69, 9.17) is 0 Å². The first kappa shape index (κ1) is 13.3. The van der Waals surface area contributed by atoms with Crippen molar-refractivity contribution in [3.8, 4) is 5.69 Å². The molecule has 20 heavy (non-hydrogen) atoms. The molecule has 106 valence electrons. The quantitative estimate of drug-likeness (QED) is 0.923. The van der Waals surface area contributed by atoms with Crippen molar-refractivity contribution in [3.63, 3.8) is 0 Å². The van der Waals surface area contributed by atoms with E-state index in [0.29, 0.717) is 6.04 Å². The smallest absolute Gasteiger partial charge is 0.0645 e. The summed E-state index contributed by atoms with van der Waals surface area (Å²) in [5.74, 6) is 0. The highest BCUT2D eigenvalue weighted by Crippen LogP contribution is 2.10. The second-order valence-electron chi connectivity index (χ2n) is 5.61. The summed E-state index contributed by atoms with van der Waals surface area (Å²) in [6.07, 6.45) is 6.62. The molecule has 1 fully saturated rings. The predicted octanol–water partition coefficient (Wildman–Crippen LogP) is 2.06. The number of rotatable bonds is 4. The van der Waals surface area contributed by atoms with Crippen LogP contribution in [0.1, 0.15) is 18.4 Å². The number of likely N-dealkylation sites (N-methyl/N-ethyl adjacent to an activating group) is 1. The maximum Gasteiger partial charge on any atom is 0.0645 e. The molecule has 1 aliphatic rings. The number of hydrogen-bond donors (Lipinski definition) is 1. The van der Waals surface area contributed by atoms with Crippen molar-refractivity contribution in [3.05, 3.63) is 48.3 Å². The summed E-state index contributed by atoms with van der Waals surface area (Å²) in [5, 5.41) is 8.07. The number of hydrogen-bond acceptors (Lipinski definition) is 3. The lowest BCUT2D eigenvalue weighted by Crippen LogP contribution is -2.43. The van der Waals surface area contributed by atoms with Gasteiger partial charge in [0.05, 0.1) is 11.9 Å². The van der Waals surface area contributed by atoms with Crippen LogP contribution in [0, 0.1) is 0 Å². The molecule has 0 bridgehead atoms. The third-order valence-electron chi connectivity index (χ3n) is 3.88. The summed E-state index contributed by atoms with van der Waals surface area (Å²) in [5.41, 5.74) is 2.35. The molecular formula is C16H22N4. The van der Waals surface area contributed by atoms with Gasteiger partial charge in [-0.05, 0) is 38.6 Å². The molecule has 1 saturated heterocycles.